The Morgan fingerprint density at radius 2 is 1.12 bits per heavy atom. The standard InChI is InChI=1S/C45H30N4O/c1-4-14-29(15-5-1)32-20-12-21-33(28-32)49-38-25-11-10-22-36(38)40-39(49)27-26-35-34-23-13-24-37(41(34)50-42(35)40)45-47-43(30-16-6-2-7-17-30)46-44(48-45)31-18-8-3-9-19-31/h1-28,35,42H. The molecule has 236 valence electrons. The molecule has 5 heteroatoms. The van der Waals surface area contributed by atoms with Gasteiger partial charge in [-0.1, -0.05) is 140 Å². The topological polar surface area (TPSA) is 52.8 Å². The van der Waals surface area contributed by atoms with E-state index >= 15 is 0 Å². The van der Waals surface area contributed by atoms with Crippen molar-refractivity contribution in [3.8, 4) is 56.7 Å². The third-order valence-electron chi connectivity index (χ3n) is 9.83. The fourth-order valence-electron chi connectivity index (χ4n) is 7.54. The SMILES string of the molecule is C1=CC2c3cccc(-c4nc(-c5ccccc5)nc(-c5ccccc5)n4)c3OC2c2c1n(-c1cccc(-c3ccccc3)c1)c1ccccc21. The number of aromatic nitrogens is 4. The van der Waals surface area contributed by atoms with Gasteiger partial charge in [0.1, 0.15) is 11.9 Å². The van der Waals surface area contributed by atoms with E-state index < -0.39 is 0 Å². The van der Waals surface area contributed by atoms with Crippen LogP contribution in [0.3, 0.4) is 0 Å². The maximum Gasteiger partial charge on any atom is 0.167 e. The molecule has 10 rings (SSSR count). The molecule has 50 heavy (non-hydrogen) atoms. The number of hydrogen-bond acceptors (Lipinski definition) is 4. The van der Waals surface area contributed by atoms with Crippen molar-refractivity contribution in [1.82, 2.24) is 19.5 Å². The summed E-state index contributed by atoms with van der Waals surface area (Å²) < 4.78 is 9.48. The normalized spacial score (nSPS) is 15.7. The van der Waals surface area contributed by atoms with Crippen LogP contribution in [0, 0.1) is 0 Å². The molecule has 0 N–H and O–H groups in total. The highest BCUT2D eigenvalue weighted by Gasteiger charge is 2.41. The average molecular weight is 643 g/mol. The predicted octanol–water partition coefficient (Wildman–Crippen LogP) is 10.7. The van der Waals surface area contributed by atoms with Crippen LogP contribution in [0.2, 0.25) is 0 Å². The first-order chi connectivity index (χ1) is 24.8. The molecule has 3 heterocycles. The van der Waals surface area contributed by atoms with Crippen molar-refractivity contribution >= 4 is 17.0 Å². The van der Waals surface area contributed by atoms with Gasteiger partial charge in [-0.2, -0.15) is 0 Å². The highest BCUT2D eigenvalue weighted by molar-refractivity contribution is 5.92. The van der Waals surface area contributed by atoms with Crippen molar-refractivity contribution in [3.63, 3.8) is 0 Å². The first-order valence-corrected chi connectivity index (χ1v) is 16.9. The molecule has 2 aromatic heterocycles. The first-order valence-electron chi connectivity index (χ1n) is 16.9. The van der Waals surface area contributed by atoms with E-state index in [2.05, 4.69) is 114 Å². The van der Waals surface area contributed by atoms with Gasteiger partial charge in [-0.05, 0) is 41.5 Å². The summed E-state index contributed by atoms with van der Waals surface area (Å²) in [5, 5.41) is 1.19. The van der Waals surface area contributed by atoms with Crippen LogP contribution in [0.1, 0.15) is 28.8 Å². The lowest BCUT2D eigenvalue weighted by Gasteiger charge is -2.22. The van der Waals surface area contributed by atoms with Crippen LogP contribution in [0.5, 0.6) is 5.75 Å². The molecule has 1 aliphatic heterocycles. The number of ether oxygens (including phenoxy) is 1. The minimum Gasteiger partial charge on any atom is -0.484 e. The summed E-state index contributed by atoms with van der Waals surface area (Å²) in [6.45, 7) is 0. The summed E-state index contributed by atoms with van der Waals surface area (Å²) in [7, 11) is 0. The van der Waals surface area contributed by atoms with Crippen LogP contribution in [-0.4, -0.2) is 19.5 Å². The Morgan fingerprint density at radius 1 is 0.520 bits per heavy atom. The number of hydrogen-bond donors (Lipinski definition) is 0. The van der Waals surface area contributed by atoms with Crippen LogP contribution < -0.4 is 4.74 Å². The molecule has 2 aliphatic rings. The molecule has 6 aromatic carbocycles. The number of para-hydroxylation sites is 2. The zero-order valence-electron chi connectivity index (χ0n) is 27.0. The maximum atomic E-state index is 7.10. The van der Waals surface area contributed by atoms with Crippen LogP contribution in [0.25, 0.3) is 68.0 Å². The number of benzene rings is 6. The molecule has 2 unspecified atom stereocenters. The van der Waals surface area contributed by atoms with E-state index in [9.17, 15) is 0 Å². The van der Waals surface area contributed by atoms with E-state index in [1.54, 1.807) is 0 Å². The predicted molar refractivity (Wildman–Crippen MR) is 200 cm³/mol. The second kappa shape index (κ2) is 11.5. The molecule has 0 radical (unpaired) electrons. The van der Waals surface area contributed by atoms with E-state index in [-0.39, 0.29) is 12.0 Å². The summed E-state index contributed by atoms with van der Waals surface area (Å²) in [5.41, 5.74) is 10.9. The molecule has 0 bridgehead atoms. The number of fused-ring (bicyclic) bond motifs is 7. The molecule has 8 aromatic rings. The average Bonchev–Trinajstić information content (AvgIpc) is 3.75. The zero-order chi connectivity index (χ0) is 33.0. The maximum absolute atomic E-state index is 7.10. The van der Waals surface area contributed by atoms with Gasteiger partial charge in [-0.25, -0.2) is 15.0 Å². The van der Waals surface area contributed by atoms with Crippen LogP contribution in [-0.2, 0) is 0 Å². The molecule has 0 spiro atoms. The number of nitrogens with zero attached hydrogens (tertiary/aromatic N) is 4. The van der Waals surface area contributed by atoms with Gasteiger partial charge in [0.25, 0.3) is 0 Å². The van der Waals surface area contributed by atoms with Gasteiger partial charge >= 0.3 is 0 Å². The smallest absolute Gasteiger partial charge is 0.167 e. The highest BCUT2D eigenvalue weighted by atomic mass is 16.5. The minimum absolute atomic E-state index is 0.0522. The van der Waals surface area contributed by atoms with Crippen LogP contribution in [0.4, 0.5) is 0 Å². The molecule has 2 atom stereocenters. The van der Waals surface area contributed by atoms with Gasteiger partial charge in [0.2, 0.25) is 0 Å². The third kappa shape index (κ3) is 4.59. The fraction of sp³-hybridized carbons (Fsp3) is 0.0444. The summed E-state index contributed by atoms with van der Waals surface area (Å²) in [4.78, 5) is 15.0. The van der Waals surface area contributed by atoms with Crippen LogP contribution >= 0.6 is 0 Å². The fourth-order valence-corrected chi connectivity index (χ4v) is 7.54. The lowest BCUT2D eigenvalue weighted by Crippen LogP contribution is -2.13. The second-order valence-electron chi connectivity index (χ2n) is 12.8. The van der Waals surface area contributed by atoms with Crippen molar-refractivity contribution in [2.75, 3.05) is 0 Å². The Hall–Kier alpha value is -6.59. The third-order valence-corrected chi connectivity index (χ3v) is 9.83. The first kappa shape index (κ1) is 28.4. The zero-order valence-corrected chi connectivity index (χ0v) is 27.0. The Balaban J connectivity index is 1.11. The quantitative estimate of drug-likeness (QED) is 0.187. The molecular formula is C45H30N4O. The monoisotopic (exact) mass is 642 g/mol. The van der Waals surface area contributed by atoms with E-state index in [4.69, 9.17) is 19.7 Å². The van der Waals surface area contributed by atoms with Gasteiger partial charge in [0.05, 0.1) is 16.8 Å². The lowest BCUT2D eigenvalue weighted by molar-refractivity contribution is 0.225. The Morgan fingerprint density at radius 3 is 1.84 bits per heavy atom. The number of rotatable bonds is 5. The summed E-state index contributed by atoms with van der Waals surface area (Å²) in [5.74, 6) is 2.73. The van der Waals surface area contributed by atoms with Crippen molar-refractivity contribution < 1.29 is 4.74 Å². The Labute approximate surface area is 289 Å². The summed E-state index contributed by atoms with van der Waals surface area (Å²) >= 11 is 0. The second-order valence-corrected chi connectivity index (χ2v) is 12.8. The molecule has 0 saturated carbocycles. The van der Waals surface area contributed by atoms with Gasteiger partial charge in [0.15, 0.2) is 17.5 Å². The summed E-state index contributed by atoms with van der Waals surface area (Å²) in [6, 6.07) is 54.5. The molecular weight excluding hydrogens is 613 g/mol. The van der Waals surface area contributed by atoms with Crippen LogP contribution in [0.15, 0.2) is 164 Å². The highest BCUT2D eigenvalue weighted by Crippen LogP contribution is 2.55. The van der Waals surface area contributed by atoms with E-state index in [0.29, 0.717) is 17.5 Å². The van der Waals surface area contributed by atoms with Gasteiger partial charge < -0.3 is 9.30 Å². The van der Waals surface area contributed by atoms with Gasteiger partial charge in [-0.3, -0.25) is 0 Å². The minimum atomic E-state index is -0.196. The van der Waals surface area contributed by atoms with Crippen molar-refractivity contribution in [2.24, 2.45) is 0 Å². The van der Waals surface area contributed by atoms with E-state index in [1.807, 2.05) is 60.7 Å². The molecule has 0 fully saturated rings. The van der Waals surface area contributed by atoms with Crippen molar-refractivity contribution in [1.29, 1.82) is 0 Å². The Kier molecular flexibility index (Phi) is 6.56. The molecule has 1 aliphatic carbocycles. The molecule has 0 amide bonds. The van der Waals surface area contributed by atoms with Crippen molar-refractivity contribution in [3.05, 3.63) is 181 Å². The molecule has 5 nitrogen and oxygen atoms in total. The van der Waals surface area contributed by atoms with Gasteiger partial charge in [-0.15, -0.1) is 0 Å². The van der Waals surface area contributed by atoms with Gasteiger partial charge in [0, 0.05) is 39.2 Å². The Bertz CT molecular complexity index is 2520. The molecule has 0 saturated heterocycles. The lowest BCUT2D eigenvalue weighted by atomic mass is 9.85. The summed E-state index contributed by atoms with van der Waals surface area (Å²) in [6.07, 6.45) is 4.39. The van der Waals surface area contributed by atoms with E-state index in [0.717, 1.165) is 44.9 Å². The largest absolute Gasteiger partial charge is 0.484 e. The van der Waals surface area contributed by atoms with E-state index in [1.165, 1.54) is 22.1 Å². The van der Waals surface area contributed by atoms with Crippen molar-refractivity contribution in [2.45, 2.75) is 12.0 Å².